The van der Waals surface area contributed by atoms with E-state index in [1.165, 1.54) is 32.4 Å². The van der Waals surface area contributed by atoms with Crippen molar-refractivity contribution in [1.82, 2.24) is 10.1 Å². The molecule has 4 rings (SSSR count). The van der Waals surface area contributed by atoms with E-state index in [2.05, 4.69) is 27.5 Å². The zero-order valence-electron chi connectivity index (χ0n) is 15.3. The lowest BCUT2D eigenvalue weighted by Gasteiger charge is -2.26. The molecule has 0 bridgehead atoms. The van der Waals surface area contributed by atoms with Crippen molar-refractivity contribution in [3.63, 3.8) is 0 Å². The quantitative estimate of drug-likeness (QED) is 0.606. The molecule has 1 fully saturated rings. The van der Waals surface area contributed by atoms with Gasteiger partial charge in [0.2, 0.25) is 5.88 Å². The Hall–Kier alpha value is -2.30. The molecule has 0 unspecified atom stereocenters. The number of piperidine rings is 1. The van der Waals surface area contributed by atoms with E-state index in [1.54, 1.807) is 0 Å². The Morgan fingerprint density at radius 3 is 2.41 bits per heavy atom. The molecule has 1 aromatic heterocycles. The largest absolute Gasteiger partial charge is 0.352 e. The van der Waals surface area contributed by atoms with Crippen LogP contribution >= 0.6 is 11.6 Å². The second-order valence-electron chi connectivity index (χ2n) is 6.94. The first-order valence-corrected chi connectivity index (χ1v) is 9.96. The van der Waals surface area contributed by atoms with Crippen molar-refractivity contribution in [2.45, 2.75) is 19.3 Å². The fraction of sp³-hybridized carbons (Fsp3) is 0.318. The molecule has 0 aliphatic carbocycles. The molecule has 1 N–H and O–H groups in total. The van der Waals surface area contributed by atoms with Crippen molar-refractivity contribution in [1.29, 1.82) is 0 Å². The molecule has 0 atom stereocenters. The topological polar surface area (TPSA) is 41.3 Å². The van der Waals surface area contributed by atoms with Gasteiger partial charge in [0.25, 0.3) is 0 Å². The van der Waals surface area contributed by atoms with E-state index in [-0.39, 0.29) is 0 Å². The maximum absolute atomic E-state index is 6.04. The maximum atomic E-state index is 6.04. The summed E-state index contributed by atoms with van der Waals surface area (Å²) >= 11 is 6.04. The normalized spacial score (nSPS) is 15.0. The van der Waals surface area contributed by atoms with Crippen LogP contribution in [0.4, 0.5) is 5.88 Å². The third-order valence-corrected chi connectivity index (χ3v) is 5.29. The number of halogens is 1. The number of nitrogens with zero attached hydrogens (tertiary/aromatic N) is 2. The second-order valence-corrected chi connectivity index (χ2v) is 7.37. The van der Waals surface area contributed by atoms with E-state index in [0.717, 1.165) is 41.4 Å². The first kappa shape index (κ1) is 18.1. The average molecular weight is 382 g/mol. The van der Waals surface area contributed by atoms with E-state index < -0.39 is 0 Å². The highest BCUT2D eigenvalue weighted by Crippen LogP contribution is 2.37. The first-order valence-electron chi connectivity index (χ1n) is 9.58. The molecule has 140 valence electrons. The summed E-state index contributed by atoms with van der Waals surface area (Å²) in [7, 11) is 0. The molecule has 5 heteroatoms. The standard InChI is InChI=1S/C22H24ClN3O/c23-19-11-9-18(10-12-19)21-20(17-7-3-1-4-8-17)22(27-25-21)24-13-16-26-14-5-2-6-15-26/h1,3-4,7-12,24H,2,5-6,13-16H2. The van der Waals surface area contributed by atoms with Gasteiger partial charge in [0.1, 0.15) is 5.69 Å². The van der Waals surface area contributed by atoms with Crippen LogP contribution < -0.4 is 5.32 Å². The lowest BCUT2D eigenvalue weighted by Crippen LogP contribution is -2.33. The van der Waals surface area contributed by atoms with Gasteiger partial charge in [-0.15, -0.1) is 0 Å². The van der Waals surface area contributed by atoms with E-state index >= 15 is 0 Å². The minimum Gasteiger partial charge on any atom is -0.352 e. The third-order valence-electron chi connectivity index (χ3n) is 5.03. The van der Waals surface area contributed by atoms with Crippen LogP contribution in [0.3, 0.4) is 0 Å². The van der Waals surface area contributed by atoms with Crippen LogP contribution in [0.2, 0.25) is 5.02 Å². The monoisotopic (exact) mass is 381 g/mol. The molecule has 0 radical (unpaired) electrons. The van der Waals surface area contributed by atoms with Gasteiger partial charge in [-0.05, 0) is 43.6 Å². The van der Waals surface area contributed by atoms with Crippen LogP contribution in [0.5, 0.6) is 0 Å². The van der Waals surface area contributed by atoms with E-state index in [0.29, 0.717) is 5.02 Å². The van der Waals surface area contributed by atoms with Gasteiger partial charge in [0, 0.05) is 23.7 Å². The molecular formula is C22H24ClN3O. The molecule has 1 aliphatic rings. The smallest absolute Gasteiger partial charge is 0.233 e. The fourth-order valence-corrected chi connectivity index (χ4v) is 3.72. The summed E-state index contributed by atoms with van der Waals surface area (Å²) in [6, 6.07) is 18.0. The highest BCUT2D eigenvalue weighted by atomic mass is 35.5. The second kappa shape index (κ2) is 8.59. The van der Waals surface area contributed by atoms with Gasteiger partial charge in [-0.25, -0.2) is 0 Å². The predicted molar refractivity (Wildman–Crippen MR) is 111 cm³/mol. The van der Waals surface area contributed by atoms with Crippen LogP contribution in [0.25, 0.3) is 22.4 Å². The van der Waals surface area contributed by atoms with Gasteiger partial charge in [-0.1, -0.05) is 65.6 Å². The highest BCUT2D eigenvalue weighted by Gasteiger charge is 2.19. The number of nitrogens with one attached hydrogen (secondary N) is 1. The summed E-state index contributed by atoms with van der Waals surface area (Å²) in [4.78, 5) is 2.51. The van der Waals surface area contributed by atoms with E-state index in [4.69, 9.17) is 16.1 Å². The van der Waals surface area contributed by atoms with Crippen molar-refractivity contribution in [2.24, 2.45) is 0 Å². The zero-order valence-corrected chi connectivity index (χ0v) is 16.1. The molecule has 2 heterocycles. The van der Waals surface area contributed by atoms with Crippen molar-refractivity contribution in [3.8, 4) is 22.4 Å². The van der Waals surface area contributed by atoms with Crippen LogP contribution in [0.15, 0.2) is 59.1 Å². The summed E-state index contributed by atoms with van der Waals surface area (Å²) in [5.74, 6) is 0.725. The predicted octanol–water partition coefficient (Wildman–Crippen LogP) is 5.56. The average Bonchev–Trinajstić information content (AvgIpc) is 3.14. The Morgan fingerprint density at radius 2 is 1.67 bits per heavy atom. The van der Waals surface area contributed by atoms with Crippen LogP contribution in [0, 0.1) is 0 Å². The molecule has 4 nitrogen and oxygen atoms in total. The number of hydrogen-bond acceptors (Lipinski definition) is 4. The Bertz CT molecular complexity index is 855. The minimum atomic E-state index is 0.711. The van der Waals surface area contributed by atoms with Gasteiger partial charge in [-0.2, -0.15) is 0 Å². The van der Waals surface area contributed by atoms with E-state index in [1.807, 2.05) is 42.5 Å². The summed E-state index contributed by atoms with van der Waals surface area (Å²) < 4.78 is 5.71. The number of anilines is 1. The number of benzene rings is 2. The third kappa shape index (κ3) is 4.34. The highest BCUT2D eigenvalue weighted by molar-refractivity contribution is 6.30. The summed E-state index contributed by atoms with van der Waals surface area (Å²) in [5, 5.41) is 8.54. The van der Waals surface area contributed by atoms with Gasteiger partial charge >= 0.3 is 0 Å². The molecule has 27 heavy (non-hydrogen) atoms. The summed E-state index contributed by atoms with van der Waals surface area (Å²) in [6.45, 7) is 4.25. The van der Waals surface area contributed by atoms with Crippen LogP contribution in [0.1, 0.15) is 19.3 Å². The Balaban J connectivity index is 1.58. The van der Waals surface area contributed by atoms with Gasteiger partial charge in [-0.3, -0.25) is 0 Å². The van der Waals surface area contributed by atoms with Crippen LogP contribution in [-0.4, -0.2) is 36.2 Å². The Kier molecular flexibility index (Phi) is 5.75. The summed E-state index contributed by atoms with van der Waals surface area (Å²) in [6.07, 6.45) is 3.96. The van der Waals surface area contributed by atoms with Crippen molar-refractivity contribution in [3.05, 3.63) is 59.6 Å². The van der Waals surface area contributed by atoms with Gasteiger partial charge in [0.05, 0.1) is 5.56 Å². The zero-order chi connectivity index (χ0) is 18.5. The van der Waals surface area contributed by atoms with Crippen molar-refractivity contribution < 1.29 is 4.52 Å². The Labute approximate surface area is 165 Å². The van der Waals surface area contributed by atoms with Crippen molar-refractivity contribution in [2.75, 3.05) is 31.5 Å². The van der Waals surface area contributed by atoms with Crippen LogP contribution in [-0.2, 0) is 0 Å². The molecule has 3 aromatic rings. The van der Waals surface area contributed by atoms with Gasteiger partial charge in [0.15, 0.2) is 0 Å². The summed E-state index contributed by atoms with van der Waals surface area (Å²) in [5.41, 5.74) is 3.91. The Morgan fingerprint density at radius 1 is 0.926 bits per heavy atom. The molecular weight excluding hydrogens is 358 g/mol. The number of rotatable bonds is 6. The molecule has 0 amide bonds. The maximum Gasteiger partial charge on any atom is 0.233 e. The molecule has 1 saturated heterocycles. The number of hydrogen-bond donors (Lipinski definition) is 1. The number of aromatic nitrogens is 1. The molecule has 0 spiro atoms. The molecule has 2 aromatic carbocycles. The van der Waals surface area contributed by atoms with Crippen molar-refractivity contribution >= 4 is 17.5 Å². The van der Waals surface area contributed by atoms with E-state index in [9.17, 15) is 0 Å². The SMILES string of the molecule is Clc1ccc(-c2noc(NCCN3CCCCC3)c2-c2ccccc2)cc1. The molecule has 0 saturated carbocycles. The molecule has 1 aliphatic heterocycles. The lowest BCUT2D eigenvalue weighted by molar-refractivity contribution is 0.236. The van der Waals surface area contributed by atoms with Gasteiger partial charge < -0.3 is 14.7 Å². The minimum absolute atomic E-state index is 0.711. The lowest BCUT2D eigenvalue weighted by atomic mass is 10.0. The fourth-order valence-electron chi connectivity index (χ4n) is 3.60. The first-order chi connectivity index (χ1) is 13.3. The number of likely N-dealkylation sites (tertiary alicyclic amines) is 1.